The van der Waals surface area contributed by atoms with Crippen molar-refractivity contribution >= 4 is 5.97 Å². The molecule has 0 radical (unpaired) electrons. The van der Waals surface area contributed by atoms with Crippen LogP contribution in [-0.4, -0.2) is 30.8 Å². The van der Waals surface area contributed by atoms with Gasteiger partial charge in [-0.2, -0.15) is 0 Å². The Kier molecular flexibility index (Phi) is 4.80. The lowest BCUT2D eigenvalue weighted by atomic mass is 9.81. The summed E-state index contributed by atoms with van der Waals surface area (Å²) in [6, 6.07) is 7.45. The van der Waals surface area contributed by atoms with Gasteiger partial charge in [0.15, 0.2) is 0 Å². The van der Waals surface area contributed by atoms with Crippen molar-refractivity contribution in [2.75, 3.05) is 19.7 Å². The highest BCUT2D eigenvalue weighted by Crippen LogP contribution is 2.30. The van der Waals surface area contributed by atoms with Gasteiger partial charge in [0.05, 0.1) is 12.5 Å². The lowest BCUT2D eigenvalue weighted by Crippen LogP contribution is -2.36. The van der Waals surface area contributed by atoms with Gasteiger partial charge in [0.1, 0.15) is 5.75 Å². The van der Waals surface area contributed by atoms with E-state index < -0.39 is 11.9 Å². The van der Waals surface area contributed by atoms with Crippen molar-refractivity contribution in [3.8, 4) is 5.75 Å². The molecule has 2 unspecified atom stereocenters. The van der Waals surface area contributed by atoms with Gasteiger partial charge in [-0.3, -0.25) is 4.79 Å². The second-order valence-electron chi connectivity index (χ2n) is 4.92. The molecule has 4 heteroatoms. The Balaban J connectivity index is 2.15. The summed E-state index contributed by atoms with van der Waals surface area (Å²) in [5.41, 5.74) is 0.865. The first-order valence-electron chi connectivity index (χ1n) is 6.88. The molecule has 1 fully saturated rings. The van der Waals surface area contributed by atoms with Crippen molar-refractivity contribution in [1.82, 2.24) is 5.32 Å². The highest BCUT2D eigenvalue weighted by Gasteiger charge is 2.30. The lowest BCUT2D eigenvalue weighted by molar-refractivity contribution is -0.140. The van der Waals surface area contributed by atoms with E-state index in [1.54, 1.807) is 0 Å². The Morgan fingerprint density at radius 3 is 2.74 bits per heavy atom. The standard InChI is InChI=1S/C15H21NO3/c1-2-19-13-7-5-11(6-8-13)14(15(17)18)12-4-3-9-16-10-12/h5-8,12,14,16H,2-4,9-10H2,1H3,(H,17,18). The molecule has 1 saturated heterocycles. The van der Waals surface area contributed by atoms with E-state index in [1.165, 1.54) is 0 Å². The normalized spacial score (nSPS) is 20.8. The molecule has 0 aliphatic carbocycles. The van der Waals surface area contributed by atoms with E-state index in [0.29, 0.717) is 6.61 Å². The zero-order valence-electron chi connectivity index (χ0n) is 11.3. The minimum atomic E-state index is -0.738. The van der Waals surface area contributed by atoms with Gasteiger partial charge in [-0.05, 0) is 56.5 Å². The average molecular weight is 263 g/mol. The van der Waals surface area contributed by atoms with Crippen LogP contribution in [0.15, 0.2) is 24.3 Å². The molecule has 1 aromatic rings. The van der Waals surface area contributed by atoms with E-state index >= 15 is 0 Å². The van der Waals surface area contributed by atoms with Crippen LogP contribution in [0.3, 0.4) is 0 Å². The summed E-state index contributed by atoms with van der Waals surface area (Å²) in [7, 11) is 0. The topological polar surface area (TPSA) is 58.6 Å². The fourth-order valence-electron chi connectivity index (χ4n) is 2.72. The molecule has 2 rings (SSSR count). The Morgan fingerprint density at radius 2 is 2.21 bits per heavy atom. The van der Waals surface area contributed by atoms with Gasteiger partial charge < -0.3 is 15.2 Å². The number of rotatable bonds is 5. The van der Waals surface area contributed by atoms with Gasteiger partial charge in [-0.15, -0.1) is 0 Å². The Hall–Kier alpha value is -1.55. The quantitative estimate of drug-likeness (QED) is 0.855. The van der Waals surface area contributed by atoms with Gasteiger partial charge in [0.25, 0.3) is 0 Å². The van der Waals surface area contributed by atoms with Crippen molar-refractivity contribution in [3.05, 3.63) is 29.8 Å². The SMILES string of the molecule is CCOc1ccc(C(C(=O)O)C2CCCNC2)cc1. The Bertz CT molecular complexity index is 410. The van der Waals surface area contributed by atoms with Crippen LogP contribution in [0.2, 0.25) is 0 Å². The first-order valence-corrected chi connectivity index (χ1v) is 6.88. The number of carbonyl (C=O) groups is 1. The third kappa shape index (κ3) is 3.47. The molecule has 19 heavy (non-hydrogen) atoms. The third-order valence-electron chi connectivity index (χ3n) is 3.62. The summed E-state index contributed by atoms with van der Waals surface area (Å²) in [5.74, 6) is -0.206. The smallest absolute Gasteiger partial charge is 0.311 e. The maximum atomic E-state index is 11.6. The second kappa shape index (κ2) is 6.57. The van der Waals surface area contributed by atoms with Crippen molar-refractivity contribution < 1.29 is 14.6 Å². The van der Waals surface area contributed by atoms with Crippen LogP contribution in [0.5, 0.6) is 5.75 Å². The van der Waals surface area contributed by atoms with E-state index in [4.69, 9.17) is 4.74 Å². The van der Waals surface area contributed by atoms with Crippen molar-refractivity contribution in [3.63, 3.8) is 0 Å². The fourth-order valence-corrected chi connectivity index (χ4v) is 2.72. The molecule has 2 atom stereocenters. The van der Waals surface area contributed by atoms with Crippen LogP contribution >= 0.6 is 0 Å². The first-order chi connectivity index (χ1) is 9.22. The number of carboxylic acid groups (broad SMARTS) is 1. The summed E-state index contributed by atoms with van der Waals surface area (Å²) in [6.45, 7) is 4.33. The predicted molar refractivity (Wildman–Crippen MR) is 73.6 cm³/mol. The number of piperidine rings is 1. The fraction of sp³-hybridized carbons (Fsp3) is 0.533. The zero-order valence-corrected chi connectivity index (χ0v) is 11.3. The number of benzene rings is 1. The van der Waals surface area contributed by atoms with Crippen molar-refractivity contribution in [2.24, 2.45) is 5.92 Å². The molecular formula is C15H21NO3. The molecular weight excluding hydrogens is 242 g/mol. The summed E-state index contributed by atoms with van der Waals surface area (Å²) in [5, 5.41) is 12.8. The molecule has 0 spiro atoms. The third-order valence-corrected chi connectivity index (χ3v) is 3.62. The van der Waals surface area contributed by atoms with E-state index in [2.05, 4.69) is 5.32 Å². The van der Waals surface area contributed by atoms with Crippen LogP contribution in [0.1, 0.15) is 31.2 Å². The first kappa shape index (κ1) is 13.9. The summed E-state index contributed by atoms with van der Waals surface area (Å²) in [4.78, 5) is 11.6. The molecule has 1 aliphatic heterocycles. The molecule has 0 aromatic heterocycles. The van der Waals surface area contributed by atoms with Gasteiger partial charge in [0, 0.05) is 0 Å². The molecule has 104 valence electrons. The van der Waals surface area contributed by atoms with Crippen molar-refractivity contribution in [1.29, 1.82) is 0 Å². The van der Waals surface area contributed by atoms with Crippen molar-refractivity contribution in [2.45, 2.75) is 25.7 Å². The van der Waals surface area contributed by atoms with Gasteiger partial charge >= 0.3 is 5.97 Å². The minimum absolute atomic E-state index is 0.171. The summed E-state index contributed by atoms with van der Waals surface area (Å²) in [6.07, 6.45) is 2.02. The zero-order chi connectivity index (χ0) is 13.7. The van der Waals surface area contributed by atoms with Crippen LogP contribution in [0.4, 0.5) is 0 Å². The molecule has 1 heterocycles. The van der Waals surface area contributed by atoms with Crippen LogP contribution < -0.4 is 10.1 Å². The molecule has 2 N–H and O–H groups in total. The largest absolute Gasteiger partial charge is 0.494 e. The second-order valence-corrected chi connectivity index (χ2v) is 4.92. The average Bonchev–Trinajstić information content (AvgIpc) is 2.42. The summed E-state index contributed by atoms with van der Waals surface area (Å²) < 4.78 is 5.39. The molecule has 0 bridgehead atoms. The summed E-state index contributed by atoms with van der Waals surface area (Å²) >= 11 is 0. The minimum Gasteiger partial charge on any atom is -0.494 e. The van der Waals surface area contributed by atoms with Gasteiger partial charge in [0.2, 0.25) is 0 Å². The maximum Gasteiger partial charge on any atom is 0.311 e. The van der Waals surface area contributed by atoms with Crippen LogP contribution in [0, 0.1) is 5.92 Å². The molecule has 1 aliphatic rings. The van der Waals surface area contributed by atoms with E-state index in [0.717, 1.165) is 37.2 Å². The number of carboxylic acids is 1. The monoisotopic (exact) mass is 263 g/mol. The Morgan fingerprint density at radius 1 is 1.47 bits per heavy atom. The molecule has 4 nitrogen and oxygen atoms in total. The number of hydrogen-bond acceptors (Lipinski definition) is 3. The van der Waals surface area contributed by atoms with Crippen LogP contribution in [-0.2, 0) is 4.79 Å². The number of hydrogen-bond donors (Lipinski definition) is 2. The highest BCUT2D eigenvalue weighted by atomic mass is 16.5. The number of ether oxygens (including phenoxy) is 1. The van der Waals surface area contributed by atoms with E-state index in [1.807, 2.05) is 31.2 Å². The number of aliphatic carboxylic acids is 1. The molecule has 1 aromatic carbocycles. The number of nitrogens with one attached hydrogen (secondary N) is 1. The molecule has 0 saturated carbocycles. The highest BCUT2D eigenvalue weighted by molar-refractivity contribution is 5.76. The predicted octanol–water partition coefficient (Wildman–Crippen LogP) is 2.25. The van der Waals surface area contributed by atoms with E-state index in [-0.39, 0.29) is 5.92 Å². The maximum absolute atomic E-state index is 11.6. The van der Waals surface area contributed by atoms with Gasteiger partial charge in [-0.1, -0.05) is 12.1 Å². The molecule has 0 amide bonds. The van der Waals surface area contributed by atoms with E-state index in [9.17, 15) is 9.90 Å². The lowest BCUT2D eigenvalue weighted by Gasteiger charge is -2.28. The van der Waals surface area contributed by atoms with Crippen LogP contribution in [0.25, 0.3) is 0 Å². The Labute approximate surface area is 113 Å². The van der Waals surface area contributed by atoms with Gasteiger partial charge in [-0.25, -0.2) is 0 Å².